The van der Waals surface area contributed by atoms with Crippen LogP contribution in [0.3, 0.4) is 0 Å². The number of Topliss-reactive ketones (excluding diaryl/α,β-unsaturated/α-hetero) is 1. The molecule has 6 heteroatoms. The van der Waals surface area contributed by atoms with Gasteiger partial charge in [-0.25, -0.2) is 9.97 Å². The van der Waals surface area contributed by atoms with E-state index in [-0.39, 0.29) is 5.92 Å². The minimum absolute atomic E-state index is 0.204. The highest BCUT2D eigenvalue weighted by atomic mass is 16.1. The molecule has 3 aliphatic heterocycles. The first-order valence-corrected chi connectivity index (χ1v) is 14.4. The minimum Gasteiger partial charge on any atom is -0.332 e. The minimum atomic E-state index is 0.204. The van der Waals surface area contributed by atoms with Crippen LogP contribution < -0.4 is 4.90 Å². The highest BCUT2D eigenvalue weighted by molar-refractivity contribution is 5.83. The zero-order valence-electron chi connectivity index (χ0n) is 22.3. The van der Waals surface area contributed by atoms with Crippen molar-refractivity contribution < 1.29 is 4.79 Å². The highest BCUT2D eigenvalue weighted by Gasteiger charge is 2.56. The van der Waals surface area contributed by atoms with Crippen LogP contribution in [0.1, 0.15) is 90.5 Å². The van der Waals surface area contributed by atoms with Gasteiger partial charge in [-0.2, -0.15) is 0 Å². The van der Waals surface area contributed by atoms with Crippen molar-refractivity contribution >= 4 is 11.7 Å². The maximum atomic E-state index is 12.3. The second-order valence-electron chi connectivity index (χ2n) is 13.2. The lowest BCUT2D eigenvalue weighted by Crippen LogP contribution is -2.58. The summed E-state index contributed by atoms with van der Waals surface area (Å²) in [7, 11) is 0. The van der Waals surface area contributed by atoms with Crippen molar-refractivity contribution in [2.75, 3.05) is 31.1 Å². The summed E-state index contributed by atoms with van der Waals surface area (Å²) in [5, 5.41) is 0. The number of hydrogen-bond acceptors (Lipinski definition) is 6. The van der Waals surface area contributed by atoms with Crippen LogP contribution in [-0.4, -0.2) is 75.9 Å². The molecule has 35 heavy (non-hydrogen) atoms. The molecule has 6 rings (SSSR count). The Labute approximate surface area is 211 Å². The number of nitrogens with zero attached hydrogens (tertiary/aromatic N) is 5. The fourth-order valence-electron chi connectivity index (χ4n) is 8.15. The maximum Gasteiger partial charge on any atom is 0.225 e. The Bertz CT molecular complexity index is 894. The van der Waals surface area contributed by atoms with Gasteiger partial charge >= 0.3 is 0 Å². The van der Waals surface area contributed by atoms with Crippen molar-refractivity contribution in [2.45, 2.75) is 109 Å². The maximum absolute atomic E-state index is 12.3. The summed E-state index contributed by atoms with van der Waals surface area (Å²) in [6.07, 6.45) is 14.2. The number of piperidine rings is 1. The molecule has 4 heterocycles. The number of rotatable bonds is 6. The van der Waals surface area contributed by atoms with Crippen molar-refractivity contribution in [3.05, 3.63) is 18.0 Å². The summed E-state index contributed by atoms with van der Waals surface area (Å²) in [6, 6.07) is 2.53. The molecule has 0 radical (unpaired) electrons. The smallest absolute Gasteiger partial charge is 0.225 e. The Morgan fingerprint density at radius 1 is 0.886 bits per heavy atom. The predicted octanol–water partition coefficient (Wildman–Crippen LogP) is 4.50. The molecule has 2 bridgehead atoms. The Morgan fingerprint density at radius 3 is 2.03 bits per heavy atom. The van der Waals surface area contributed by atoms with Crippen molar-refractivity contribution in [3.63, 3.8) is 0 Å². The summed E-state index contributed by atoms with van der Waals surface area (Å²) in [6.45, 7) is 13.4. The zero-order valence-corrected chi connectivity index (χ0v) is 22.3. The van der Waals surface area contributed by atoms with Gasteiger partial charge in [-0.05, 0) is 95.2 Å². The molecule has 2 saturated carbocycles. The van der Waals surface area contributed by atoms with Gasteiger partial charge < -0.3 is 9.80 Å². The van der Waals surface area contributed by atoms with Crippen molar-refractivity contribution in [2.24, 2.45) is 17.3 Å². The average molecular weight is 480 g/mol. The molecular formula is C29H45N5O. The SMILES string of the molecule is CC(C)C(=O)C1CC2(C1)CC(N1CCC(c3cnc(N4C5CCC4CN(C(C)C)C5)nc3)CC1)C2. The number of likely N-dealkylation sites (tertiary alicyclic amines) is 2. The van der Waals surface area contributed by atoms with Crippen LogP contribution in [0.5, 0.6) is 0 Å². The average Bonchev–Trinajstić information content (AvgIpc) is 3.06. The van der Waals surface area contributed by atoms with Gasteiger partial charge in [0.25, 0.3) is 0 Å². The second-order valence-corrected chi connectivity index (χ2v) is 13.2. The van der Waals surface area contributed by atoms with Crippen LogP contribution in [0, 0.1) is 17.3 Å². The number of carbonyl (C=O) groups is 1. The molecular weight excluding hydrogens is 434 g/mol. The molecule has 2 unspecified atom stereocenters. The topological polar surface area (TPSA) is 52.6 Å². The molecule has 1 aromatic rings. The number of aromatic nitrogens is 2. The summed E-state index contributed by atoms with van der Waals surface area (Å²) in [5.41, 5.74) is 1.85. The standard InChI is InChI=1S/C29H45N5O/c1-19(2)27(35)22-11-29(12-22)13-26(14-29)32-9-7-21(8-10-32)23-15-30-28(31-16-23)34-24-5-6-25(34)18-33(17-24)20(3)4/h15-16,19-22,24-26H,5-14,17-18H2,1-4H3. The summed E-state index contributed by atoms with van der Waals surface area (Å²) < 4.78 is 0. The molecule has 5 fully saturated rings. The largest absolute Gasteiger partial charge is 0.332 e. The fraction of sp³-hybridized carbons (Fsp3) is 0.828. The fourth-order valence-corrected chi connectivity index (χ4v) is 8.15. The number of fused-ring (bicyclic) bond motifs is 2. The van der Waals surface area contributed by atoms with E-state index >= 15 is 0 Å². The number of ketones is 1. The Balaban J connectivity index is 0.985. The first-order chi connectivity index (χ1) is 16.8. The van der Waals surface area contributed by atoms with E-state index in [0.29, 0.717) is 41.2 Å². The van der Waals surface area contributed by atoms with Gasteiger partial charge in [0.2, 0.25) is 5.95 Å². The molecule has 5 aliphatic rings. The van der Waals surface area contributed by atoms with Crippen LogP contribution in [0.25, 0.3) is 0 Å². The summed E-state index contributed by atoms with van der Waals surface area (Å²) >= 11 is 0. The number of anilines is 1. The van der Waals surface area contributed by atoms with Gasteiger partial charge in [-0.1, -0.05) is 13.8 Å². The molecule has 1 aromatic heterocycles. The molecule has 1 spiro atoms. The Morgan fingerprint density at radius 2 is 1.49 bits per heavy atom. The first-order valence-electron chi connectivity index (χ1n) is 14.4. The van der Waals surface area contributed by atoms with Gasteiger partial charge in [-0.15, -0.1) is 0 Å². The van der Waals surface area contributed by atoms with Crippen LogP contribution in [0.15, 0.2) is 12.4 Å². The van der Waals surface area contributed by atoms with Crippen molar-refractivity contribution in [1.82, 2.24) is 19.8 Å². The van der Waals surface area contributed by atoms with E-state index in [0.717, 1.165) is 37.9 Å². The Hall–Kier alpha value is -1.53. The highest BCUT2D eigenvalue weighted by Crippen LogP contribution is 2.60. The van der Waals surface area contributed by atoms with Gasteiger partial charge in [0.1, 0.15) is 5.78 Å². The van der Waals surface area contributed by atoms with Gasteiger partial charge in [0.05, 0.1) is 0 Å². The zero-order chi connectivity index (χ0) is 24.3. The van der Waals surface area contributed by atoms with Crippen LogP contribution in [0.4, 0.5) is 5.95 Å². The monoisotopic (exact) mass is 479 g/mol. The van der Waals surface area contributed by atoms with Crippen molar-refractivity contribution in [1.29, 1.82) is 0 Å². The Kier molecular flexibility index (Phi) is 6.19. The van der Waals surface area contributed by atoms with Crippen LogP contribution >= 0.6 is 0 Å². The molecule has 2 aliphatic carbocycles. The van der Waals surface area contributed by atoms with Crippen LogP contribution in [0.2, 0.25) is 0 Å². The molecule has 6 nitrogen and oxygen atoms in total. The molecule has 2 atom stereocenters. The van der Waals surface area contributed by atoms with E-state index in [4.69, 9.17) is 9.97 Å². The normalized spacial score (nSPS) is 36.1. The van der Waals surface area contributed by atoms with E-state index < -0.39 is 0 Å². The van der Waals surface area contributed by atoms with E-state index in [9.17, 15) is 4.79 Å². The van der Waals surface area contributed by atoms with Gasteiger partial charge in [0.15, 0.2) is 0 Å². The number of hydrogen-bond donors (Lipinski definition) is 0. The van der Waals surface area contributed by atoms with E-state index in [2.05, 4.69) is 54.8 Å². The van der Waals surface area contributed by atoms with Gasteiger partial charge in [-0.3, -0.25) is 9.69 Å². The first kappa shape index (κ1) is 23.8. The predicted molar refractivity (Wildman–Crippen MR) is 140 cm³/mol. The summed E-state index contributed by atoms with van der Waals surface area (Å²) in [4.78, 5) is 29.9. The number of carbonyl (C=O) groups excluding carboxylic acids is 1. The second kappa shape index (κ2) is 9.09. The van der Waals surface area contributed by atoms with E-state index in [1.165, 1.54) is 57.2 Å². The lowest BCUT2D eigenvalue weighted by molar-refractivity contribution is -0.144. The molecule has 3 saturated heterocycles. The van der Waals surface area contributed by atoms with Crippen LogP contribution in [-0.2, 0) is 4.79 Å². The van der Waals surface area contributed by atoms with Gasteiger partial charge in [0, 0.05) is 61.5 Å². The summed E-state index contributed by atoms with van der Waals surface area (Å²) in [5.74, 6) is 2.62. The molecule has 192 valence electrons. The third-order valence-electron chi connectivity index (χ3n) is 10.3. The molecule has 0 amide bonds. The third-order valence-corrected chi connectivity index (χ3v) is 10.3. The quantitative estimate of drug-likeness (QED) is 0.599. The van der Waals surface area contributed by atoms with E-state index in [1.54, 1.807) is 0 Å². The van der Waals surface area contributed by atoms with Crippen molar-refractivity contribution in [3.8, 4) is 0 Å². The third kappa shape index (κ3) is 4.33. The van der Waals surface area contributed by atoms with E-state index in [1.807, 2.05) is 0 Å². The lowest BCUT2D eigenvalue weighted by Gasteiger charge is -2.60. The number of piperazine rings is 1. The molecule has 0 aromatic carbocycles. The molecule has 0 N–H and O–H groups in total. The lowest BCUT2D eigenvalue weighted by atomic mass is 9.48.